The van der Waals surface area contributed by atoms with Gasteiger partial charge in [-0.1, -0.05) is 48.2 Å². The molecule has 0 N–H and O–H groups in total. The molecule has 0 aliphatic heterocycles. The van der Waals surface area contributed by atoms with Gasteiger partial charge in [0.05, 0.1) is 11.4 Å². The smallest absolute Gasteiger partial charge is 0.207 e. The quantitative estimate of drug-likeness (QED) is 0.812. The molecule has 0 aromatic heterocycles. The van der Waals surface area contributed by atoms with E-state index in [0.717, 1.165) is 5.56 Å². The molecule has 0 atom stereocenters. The van der Waals surface area contributed by atoms with Gasteiger partial charge in [0.25, 0.3) is 0 Å². The van der Waals surface area contributed by atoms with Gasteiger partial charge < -0.3 is 0 Å². The minimum atomic E-state index is -3.46. The van der Waals surface area contributed by atoms with Crippen molar-refractivity contribution in [2.75, 3.05) is 13.6 Å². The molecule has 2 aromatic carbocycles. The predicted octanol–water partition coefficient (Wildman–Crippen LogP) is 2.36. The van der Waals surface area contributed by atoms with Crippen molar-refractivity contribution < 1.29 is 8.42 Å². The molecule has 0 aliphatic rings. The van der Waals surface area contributed by atoms with Crippen LogP contribution in [0.15, 0.2) is 65.6 Å². The van der Waals surface area contributed by atoms with E-state index in [4.69, 9.17) is 0 Å². The van der Waals surface area contributed by atoms with Gasteiger partial charge >= 0.3 is 0 Å². The first-order chi connectivity index (χ1) is 9.60. The Morgan fingerprint density at radius 3 is 2.10 bits per heavy atom. The topological polar surface area (TPSA) is 37.4 Å². The van der Waals surface area contributed by atoms with Crippen LogP contribution in [0, 0.1) is 11.8 Å². The molecule has 0 fully saturated rings. The maximum Gasteiger partial charge on any atom is 0.243 e. The highest BCUT2D eigenvalue weighted by Crippen LogP contribution is 2.12. The van der Waals surface area contributed by atoms with E-state index in [9.17, 15) is 8.42 Å². The Morgan fingerprint density at radius 1 is 0.950 bits per heavy atom. The standard InChI is InChI=1S/C16H15NO2S/c1-17(14-8-11-15-9-4-2-5-10-15)20(18,19)16-12-6-3-7-13-16/h2-7,9-10,12-13H,14H2,1H3. The van der Waals surface area contributed by atoms with Crippen LogP contribution in [0.3, 0.4) is 0 Å². The molecule has 102 valence electrons. The second kappa shape index (κ2) is 6.38. The van der Waals surface area contributed by atoms with Crippen molar-refractivity contribution in [3.05, 3.63) is 66.2 Å². The highest BCUT2D eigenvalue weighted by Gasteiger charge is 2.18. The van der Waals surface area contributed by atoms with E-state index in [1.807, 2.05) is 30.3 Å². The number of benzene rings is 2. The van der Waals surface area contributed by atoms with Crippen LogP contribution in [-0.4, -0.2) is 26.3 Å². The molecule has 2 aromatic rings. The van der Waals surface area contributed by atoms with Crippen LogP contribution in [0.25, 0.3) is 0 Å². The summed E-state index contributed by atoms with van der Waals surface area (Å²) in [6, 6.07) is 17.8. The summed E-state index contributed by atoms with van der Waals surface area (Å²) < 4.78 is 25.7. The monoisotopic (exact) mass is 285 g/mol. The van der Waals surface area contributed by atoms with Gasteiger partial charge in [-0.15, -0.1) is 0 Å². The van der Waals surface area contributed by atoms with Gasteiger partial charge in [-0.05, 0) is 24.3 Å². The molecule has 0 radical (unpaired) electrons. The number of sulfonamides is 1. The summed E-state index contributed by atoms with van der Waals surface area (Å²) in [6.45, 7) is 0.159. The van der Waals surface area contributed by atoms with Crippen molar-refractivity contribution >= 4 is 10.0 Å². The lowest BCUT2D eigenvalue weighted by Crippen LogP contribution is -2.27. The van der Waals surface area contributed by atoms with E-state index in [2.05, 4.69) is 11.8 Å². The number of rotatable bonds is 3. The van der Waals surface area contributed by atoms with Gasteiger partial charge in [-0.25, -0.2) is 8.42 Å². The zero-order valence-electron chi connectivity index (χ0n) is 11.2. The molecule has 0 saturated carbocycles. The zero-order chi connectivity index (χ0) is 14.4. The molecule has 0 spiro atoms. The predicted molar refractivity (Wildman–Crippen MR) is 79.6 cm³/mol. The normalized spacial score (nSPS) is 10.9. The van der Waals surface area contributed by atoms with E-state index in [1.165, 1.54) is 11.4 Å². The minimum Gasteiger partial charge on any atom is -0.207 e. The SMILES string of the molecule is CN(CC#Cc1ccccc1)S(=O)(=O)c1ccccc1. The average molecular weight is 285 g/mol. The van der Waals surface area contributed by atoms with Crippen molar-refractivity contribution in [2.24, 2.45) is 0 Å². The summed E-state index contributed by atoms with van der Waals surface area (Å²) in [7, 11) is -1.93. The lowest BCUT2D eigenvalue weighted by molar-refractivity contribution is 0.503. The molecule has 0 unspecified atom stereocenters. The second-order valence-electron chi connectivity index (χ2n) is 4.24. The van der Waals surface area contributed by atoms with Gasteiger partial charge in [-0.3, -0.25) is 0 Å². The highest BCUT2D eigenvalue weighted by atomic mass is 32.2. The fourth-order valence-electron chi connectivity index (χ4n) is 1.63. The fourth-order valence-corrected chi connectivity index (χ4v) is 2.73. The molecule has 0 heterocycles. The van der Waals surface area contributed by atoms with E-state index < -0.39 is 10.0 Å². The third-order valence-corrected chi connectivity index (χ3v) is 4.58. The summed E-state index contributed by atoms with van der Waals surface area (Å²) in [5, 5.41) is 0. The minimum absolute atomic E-state index is 0.159. The largest absolute Gasteiger partial charge is 0.243 e. The molecular formula is C16H15NO2S. The van der Waals surface area contributed by atoms with Crippen LogP contribution < -0.4 is 0 Å². The summed E-state index contributed by atoms with van der Waals surface area (Å²) in [5.41, 5.74) is 0.873. The summed E-state index contributed by atoms with van der Waals surface area (Å²) in [6.07, 6.45) is 0. The Hall–Kier alpha value is -2.09. The van der Waals surface area contributed by atoms with Crippen molar-refractivity contribution in [2.45, 2.75) is 4.90 Å². The van der Waals surface area contributed by atoms with Crippen LogP contribution in [0.5, 0.6) is 0 Å². The van der Waals surface area contributed by atoms with Crippen LogP contribution in [0.2, 0.25) is 0 Å². The zero-order valence-corrected chi connectivity index (χ0v) is 12.0. The Kier molecular flexibility index (Phi) is 4.57. The second-order valence-corrected chi connectivity index (χ2v) is 6.29. The van der Waals surface area contributed by atoms with E-state index >= 15 is 0 Å². The number of hydrogen-bond donors (Lipinski definition) is 0. The lowest BCUT2D eigenvalue weighted by atomic mass is 10.2. The maximum atomic E-state index is 12.2. The third kappa shape index (κ3) is 3.47. The Balaban J connectivity index is 2.10. The van der Waals surface area contributed by atoms with Gasteiger partial charge in [0.1, 0.15) is 0 Å². The number of nitrogens with zero attached hydrogens (tertiary/aromatic N) is 1. The summed E-state index contributed by atoms with van der Waals surface area (Å²) in [5.74, 6) is 5.82. The average Bonchev–Trinajstić information content (AvgIpc) is 2.49. The van der Waals surface area contributed by atoms with Crippen LogP contribution in [0.1, 0.15) is 5.56 Å². The van der Waals surface area contributed by atoms with Crippen molar-refractivity contribution in [1.82, 2.24) is 4.31 Å². The Morgan fingerprint density at radius 2 is 1.50 bits per heavy atom. The maximum absolute atomic E-state index is 12.2. The molecule has 0 bridgehead atoms. The lowest BCUT2D eigenvalue weighted by Gasteiger charge is -2.13. The van der Waals surface area contributed by atoms with Crippen LogP contribution in [-0.2, 0) is 10.0 Å². The summed E-state index contributed by atoms with van der Waals surface area (Å²) in [4.78, 5) is 0.281. The summed E-state index contributed by atoms with van der Waals surface area (Å²) >= 11 is 0. The third-order valence-electron chi connectivity index (χ3n) is 2.76. The van der Waals surface area contributed by atoms with Crippen molar-refractivity contribution in [1.29, 1.82) is 0 Å². The van der Waals surface area contributed by atoms with Crippen molar-refractivity contribution in [3.63, 3.8) is 0 Å². The van der Waals surface area contributed by atoms with Gasteiger partial charge in [0, 0.05) is 12.6 Å². The first-order valence-electron chi connectivity index (χ1n) is 6.16. The molecule has 0 amide bonds. The van der Waals surface area contributed by atoms with E-state index in [-0.39, 0.29) is 11.4 Å². The molecular weight excluding hydrogens is 270 g/mol. The Bertz CT molecular complexity index is 713. The fraction of sp³-hybridized carbons (Fsp3) is 0.125. The molecule has 4 heteroatoms. The van der Waals surface area contributed by atoms with Gasteiger partial charge in [-0.2, -0.15) is 4.31 Å². The Labute approximate surface area is 119 Å². The van der Waals surface area contributed by atoms with Gasteiger partial charge in [0.2, 0.25) is 10.0 Å². The molecule has 0 aliphatic carbocycles. The van der Waals surface area contributed by atoms with E-state index in [1.54, 1.807) is 30.3 Å². The molecule has 0 saturated heterocycles. The first-order valence-corrected chi connectivity index (χ1v) is 7.60. The van der Waals surface area contributed by atoms with Crippen molar-refractivity contribution in [3.8, 4) is 11.8 Å². The molecule has 2 rings (SSSR count). The molecule has 20 heavy (non-hydrogen) atoms. The van der Waals surface area contributed by atoms with E-state index in [0.29, 0.717) is 0 Å². The van der Waals surface area contributed by atoms with Crippen LogP contribution in [0.4, 0.5) is 0 Å². The first kappa shape index (κ1) is 14.3. The van der Waals surface area contributed by atoms with Crippen LogP contribution >= 0.6 is 0 Å². The highest BCUT2D eigenvalue weighted by molar-refractivity contribution is 7.89. The molecule has 3 nitrogen and oxygen atoms in total. The number of hydrogen-bond acceptors (Lipinski definition) is 2. The van der Waals surface area contributed by atoms with Gasteiger partial charge in [0.15, 0.2) is 0 Å².